The summed E-state index contributed by atoms with van der Waals surface area (Å²) < 4.78 is 0. The number of nitrogens with one attached hydrogen (secondary N) is 2. The molecule has 1 aromatic rings. The highest BCUT2D eigenvalue weighted by Crippen LogP contribution is 2.06. The van der Waals surface area contributed by atoms with Crippen molar-refractivity contribution in [1.29, 1.82) is 0 Å². The standard InChI is InChI=1S/C16H23N3O4.2C2H6/c20-10-2-8-18-16(22)12-14-5-3-13(4-6-14)11-15(21)17-7-1-9-19-23;2*1-2/h3-6,20H,1-2,7-12H2,(H,17,21)(H,18,22);2*1-2H3. The number of carbonyl (C=O) groups is 2. The van der Waals surface area contributed by atoms with E-state index in [4.69, 9.17) is 5.11 Å². The van der Waals surface area contributed by atoms with E-state index in [0.717, 1.165) is 11.1 Å². The highest BCUT2D eigenvalue weighted by Gasteiger charge is 2.05. The van der Waals surface area contributed by atoms with Crippen LogP contribution in [-0.2, 0) is 22.4 Å². The van der Waals surface area contributed by atoms with E-state index in [9.17, 15) is 14.5 Å². The molecule has 0 bridgehead atoms. The van der Waals surface area contributed by atoms with Gasteiger partial charge >= 0.3 is 0 Å². The van der Waals surface area contributed by atoms with Gasteiger partial charge in [-0.2, -0.15) is 4.91 Å². The van der Waals surface area contributed by atoms with Crippen molar-refractivity contribution in [2.45, 2.75) is 53.4 Å². The van der Waals surface area contributed by atoms with Crippen LogP contribution >= 0.6 is 0 Å². The summed E-state index contributed by atoms with van der Waals surface area (Å²) in [6, 6.07) is 7.29. The summed E-state index contributed by atoms with van der Waals surface area (Å²) in [7, 11) is 0. The minimum Gasteiger partial charge on any atom is -0.396 e. The van der Waals surface area contributed by atoms with Crippen LogP contribution < -0.4 is 10.6 Å². The zero-order chi connectivity index (χ0) is 20.9. The van der Waals surface area contributed by atoms with Crippen LogP contribution in [0.2, 0.25) is 0 Å². The van der Waals surface area contributed by atoms with Crippen molar-refractivity contribution in [1.82, 2.24) is 10.6 Å². The van der Waals surface area contributed by atoms with Crippen molar-refractivity contribution in [3.8, 4) is 0 Å². The molecular formula is C20H35N3O4. The Hall–Kier alpha value is -2.28. The van der Waals surface area contributed by atoms with Crippen molar-refractivity contribution >= 4 is 11.8 Å². The van der Waals surface area contributed by atoms with Gasteiger partial charge in [0, 0.05) is 19.7 Å². The van der Waals surface area contributed by atoms with Gasteiger partial charge in [-0.1, -0.05) is 57.1 Å². The second-order valence-electron chi connectivity index (χ2n) is 5.15. The second-order valence-corrected chi connectivity index (χ2v) is 5.15. The quantitative estimate of drug-likeness (QED) is 0.404. The average Bonchev–Trinajstić information content (AvgIpc) is 2.70. The summed E-state index contributed by atoms with van der Waals surface area (Å²) >= 11 is 0. The van der Waals surface area contributed by atoms with Crippen molar-refractivity contribution in [3.05, 3.63) is 40.3 Å². The summed E-state index contributed by atoms with van der Waals surface area (Å²) in [5.74, 6) is -0.196. The Balaban J connectivity index is 0. The van der Waals surface area contributed by atoms with Crippen LogP contribution in [0.3, 0.4) is 0 Å². The molecule has 0 heterocycles. The van der Waals surface area contributed by atoms with Crippen molar-refractivity contribution in [2.24, 2.45) is 5.18 Å². The molecule has 27 heavy (non-hydrogen) atoms. The fraction of sp³-hybridized carbons (Fsp3) is 0.600. The average molecular weight is 382 g/mol. The molecule has 1 rings (SSSR count). The fourth-order valence-corrected chi connectivity index (χ4v) is 1.95. The molecule has 0 saturated carbocycles. The van der Waals surface area contributed by atoms with Gasteiger partial charge in [-0.25, -0.2) is 0 Å². The maximum atomic E-state index is 11.7. The van der Waals surface area contributed by atoms with Crippen LogP contribution in [0.5, 0.6) is 0 Å². The number of benzene rings is 1. The lowest BCUT2D eigenvalue weighted by Gasteiger charge is -2.06. The Labute approximate surface area is 162 Å². The predicted molar refractivity (Wildman–Crippen MR) is 110 cm³/mol. The van der Waals surface area contributed by atoms with Gasteiger partial charge in [-0.3, -0.25) is 9.59 Å². The van der Waals surface area contributed by atoms with Crippen LogP contribution in [0.25, 0.3) is 0 Å². The molecule has 2 amide bonds. The van der Waals surface area contributed by atoms with Gasteiger partial charge in [0.25, 0.3) is 0 Å². The third-order valence-electron chi connectivity index (χ3n) is 3.16. The summed E-state index contributed by atoms with van der Waals surface area (Å²) in [5, 5.41) is 16.8. The van der Waals surface area contributed by atoms with Gasteiger partial charge in [-0.15, -0.1) is 0 Å². The SMILES string of the molecule is CC.CC.O=NCCCNC(=O)Cc1ccc(CC(=O)NCCCO)cc1. The minimum atomic E-state index is -0.106. The van der Waals surface area contributed by atoms with E-state index >= 15 is 0 Å². The Bertz CT molecular complexity index is 504. The lowest BCUT2D eigenvalue weighted by atomic mass is 10.1. The summed E-state index contributed by atoms with van der Waals surface area (Å²) in [4.78, 5) is 33.2. The highest BCUT2D eigenvalue weighted by atomic mass is 16.3. The van der Waals surface area contributed by atoms with E-state index in [0.29, 0.717) is 25.9 Å². The van der Waals surface area contributed by atoms with Gasteiger partial charge in [-0.05, 0) is 24.0 Å². The molecule has 3 N–H and O–H groups in total. The van der Waals surface area contributed by atoms with Gasteiger partial charge in [0.05, 0.1) is 19.4 Å². The number of amides is 2. The number of hydrogen-bond acceptors (Lipinski definition) is 5. The molecular weight excluding hydrogens is 346 g/mol. The summed E-state index contributed by atoms with van der Waals surface area (Å²) in [6.45, 7) is 9.17. The Morgan fingerprint density at radius 1 is 0.852 bits per heavy atom. The zero-order valence-corrected chi connectivity index (χ0v) is 17.1. The number of nitrogens with zero attached hydrogens (tertiary/aromatic N) is 1. The van der Waals surface area contributed by atoms with Crippen molar-refractivity contribution < 1.29 is 14.7 Å². The summed E-state index contributed by atoms with van der Waals surface area (Å²) in [5.41, 5.74) is 1.73. The number of rotatable bonds is 11. The maximum absolute atomic E-state index is 11.7. The molecule has 7 heteroatoms. The third kappa shape index (κ3) is 15.7. The van der Waals surface area contributed by atoms with Crippen molar-refractivity contribution in [2.75, 3.05) is 26.2 Å². The van der Waals surface area contributed by atoms with Crippen LogP contribution in [0.15, 0.2) is 29.4 Å². The molecule has 0 atom stereocenters. The first-order valence-corrected chi connectivity index (χ1v) is 9.67. The van der Waals surface area contributed by atoms with Gasteiger partial charge in [0.15, 0.2) is 0 Å². The first-order valence-electron chi connectivity index (χ1n) is 9.67. The topological polar surface area (TPSA) is 108 Å². The van der Waals surface area contributed by atoms with Crippen LogP contribution in [0, 0.1) is 4.91 Å². The van der Waals surface area contributed by atoms with E-state index in [1.165, 1.54) is 0 Å². The van der Waals surface area contributed by atoms with Crippen LogP contribution in [0.4, 0.5) is 0 Å². The van der Waals surface area contributed by atoms with E-state index < -0.39 is 0 Å². The number of aliphatic hydroxyl groups excluding tert-OH is 1. The molecule has 0 aliphatic heterocycles. The van der Waals surface area contributed by atoms with E-state index in [1.54, 1.807) is 0 Å². The number of hydrogen-bond donors (Lipinski definition) is 3. The molecule has 0 saturated heterocycles. The van der Waals surface area contributed by atoms with Crippen molar-refractivity contribution in [3.63, 3.8) is 0 Å². The molecule has 7 nitrogen and oxygen atoms in total. The Kier molecular flexibility index (Phi) is 20.0. The van der Waals surface area contributed by atoms with E-state index in [-0.39, 0.29) is 37.8 Å². The number of carbonyl (C=O) groups excluding carboxylic acids is 2. The minimum absolute atomic E-state index is 0.0582. The molecule has 0 spiro atoms. The van der Waals surface area contributed by atoms with Gasteiger partial charge in [0.2, 0.25) is 11.8 Å². The molecule has 0 aliphatic carbocycles. The van der Waals surface area contributed by atoms with E-state index in [2.05, 4.69) is 15.8 Å². The Morgan fingerprint density at radius 3 is 1.63 bits per heavy atom. The first kappa shape index (κ1) is 26.9. The molecule has 0 unspecified atom stereocenters. The molecule has 0 aromatic heterocycles. The lowest BCUT2D eigenvalue weighted by molar-refractivity contribution is -0.121. The number of nitroso groups, excluding NO2 is 1. The molecule has 154 valence electrons. The molecule has 0 fully saturated rings. The van der Waals surface area contributed by atoms with Crippen LogP contribution in [0.1, 0.15) is 51.7 Å². The first-order chi connectivity index (χ1) is 13.2. The normalized spacial score (nSPS) is 9.07. The smallest absolute Gasteiger partial charge is 0.224 e. The largest absolute Gasteiger partial charge is 0.396 e. The molecule has 1 aromatic carbocycles. The Morgan fingerprint density at radius 2 is 1.26 bits per heavy atom. The van der Waals surface area contributed by atoms with Gasteiger partial charge in [0.1, 0.15) is 0 Å². The zero-order valence-electron chi connectivity index (χ0n) is 17.1. The molecule has 0 radical (unpaired) electrons. The summed E-state index contributed by atoms with van der Waals surface area (Å²) in [6.07, 6.45) is 1.62. The lowest BCUT2D eigenvalue weighted by Crippen LogP contribution is -2.27. The van der Waals surface area contributed by atoms with Gasteiger partial charge < -0.3 is 15.7 Å². The van der Waals surface area contributed by atoms with E-state index in [1.807, 2.05) is 52.0 Å². The predicted octanol–water partition coefficient (Wildman–Crippen LogP) is 2.60. The highest BCUT2D eigenvalue weighted by molar-refractivity contribution is 5.79. The monoisotopic (exact) mass is 381 g/mol. The second kappa shape index (κ2) is 20.0. The fourth-order valence-electron chi connectivity index (χ4n) is 1.95. The third-order valence-corrected chi connectivity index (χ3v) is 3.16. The molecule has 0 aliphatic rings. The maximum Gasteiger partial charge on any atom is 0.224 e. The number of aliphatic hydroxyl groups is 1. The van der Waals surface area contributed by atoms with Crippen LogP contribution in [-0.4, -0.2) is 43.2 Å².